The number of benzene rings is 4. The Balaban J connectivity index is 1.30. The summed E-state index contributed by atoms with van der Waals surface area (Å²) in [6, 6.07) is 24.8. The van der Waals surface area contributed by atoms with Crippen LogP contribution in [0.25, 0.3) is 0 Å². The van der Waals surface area contributed by atoms with E-state index in [0.717, 1.165) is 15.5 Å². The molecule has 56 heavy (non-hydrogen) atoms. The Morgan fingerprint density at radius 3 is 2.29 bits per heavy atom. The minimum atomic E-state index is -1.81. The molecule has 4 amide bonds. The zero-order valence-electron chi connectivity index (χ0n) is 30.0. The van der Waals surface area contributed by atoms with Crippen LogP contribution in [0.15, 0.2) is 103 Å². The highest BCUT2D eigenvalue weighted by atomic mass is 35.5. The molecule has 0 bridgehead atoms. The molecule has 4 aromatic rings. The van der Waals surface area contributed by atoms with Crippen LogP contribution < -0.4 is 25.3 Å². The first-order valence-corrected chi connectivity index (χ1v) is 18.9. The molecule has 2 aliphatic carbocycles. The van der Waals surface area contributed by atoms with Crippen molar-refractivity contribution >= 4 is 70.8 Å². The van der Waals surface area contributed by atoms with Crippen LogP contribution >= 0.6 is 23.2 Å². The average molecular weight is 796 g/mol. The second kappa shape index (κ2) is 14.7. The van der Waals surface area contributed by atoms with Crippen LogP contribution in [0.5, 0.6) is 11.5 Å². The highest BCUT2D eigenvalue weighted by molar-refractivity contribution is 6.58. The maximum Gasteiger partial charge on any atom is 0.488 e. The molecule has 8 rings (SSSR count). The zero-order chi connectivity index (χ0) is 39.5. The van der Waals surface area contributed by atoms with Gasteiger partial charge < -0.3 is 24.6 Å². The van der Waals surface area contributed by atoms with Crippen LogP contribution in [0.3, 0.4) is 0 Å². The lowest BCUT2D eigenvalue weighted by atomic mass is 9.49. The monoisotopic (exact) mass is 795 g/mol. The van der Waals surface area contributed by atoms with Crippen molar-refractivity contribution in [3.05, 3.63) is 124 Å². The number of amides is 4. The number of carbonyl (C=O) groups is 4. The number of allylic oxidation sites excluding steroid dienone is 2. The SMILES string of the molecule is COc1ccc(C23C(=O)N(Nc4ccc(Cl)cc4Cl)C(=O)C2CC2C(=CCC4C(=O)N(c5cccc(B(O)O)c5)C(=O)C42)C3c2ccc(OCCO)cc2)cc1. The Morgan fingerprint density at radius 1 is 0.875 bits per heavy atom. The number of imide groups is 2. The molecular weight excluding hydrogens is 760 g/mol. The fraction of sp³-hybridized carbons (Fsp3) is 0.268. The van der Waals surface area contributed by atoms with Crippen molar-refractivity contribution in [2.24, 2.45) is 23.7 Å². The maximum atomic E-state index is 15.4. The molecule has 0 radical (unpaired) electrons. The van der Waals surface area contributed by atoms with Gasteiger partial charge in [-0.05, 0) is 89.9 Å². The second-order valence-corrected chi connectivity index (χ2v) is 15.2. The van der Waals surface area contributed by atoms with Gasteiger partial charge in [-0.15, -0.1) is 0 Å². The molecule has 15 heteroatoms. The number of hydrazine groups is 1. The topological polar surface area (TPSA) is 166 Å². The largest absolute Gasteiger partial charge is 0.497 e. The van der Waals surface area contributed by atoms with Crippen LogP contribution in [-0.2, 0) is 24.6 Å². The lowest BCUT2D eigenvalue weighted by molar-refractivity contribution is -0.138. The molecule has 4 aliphatic rings. The van der Waals surface area contributed by atoms with E-state index in [-0.39, 0.29) is 47.9 Å². The van der Waals surface area contributed by atoms with Gasteiger partial charge in [0.15, 0.2) is 0 Å². The van der Waals surface area contributed by atoms with E-state index in [1.165, 1.54) is 25.3 Å². The smallest absolute Gasteiger partial charge is 0.488 e. The zero-order valence-corrected chi connectivity index (χ0v) is 31.5. The molecule has 6 atom stereocenters. The summed E-state index contributed by atoms with van der Waals surface area (Å²) in [7, 11) is -0.278. The number of halogens is 2. The first-order chi connectivity index (χ1) is 27.0. The molecule has 4 aromatic carbocycles. The van der Waals surface area contributed by atoms with Crippen LogP contribution in [-0.4, -0.2) is 71.2 Å². The van der Waals surface area contributed by atoms with Crippen molar-refractivity contribution in [3.63, 3.8) is 0 Å². The Morgan fingerprint density at radius 2 is 1.61 bits per heavy atom. The number of methoxy groups -OCH3 is 1. The van der Waals surface area contributed by atoms with Gasteiger partial charge in [-0.3, -0.25) is 29.5 Å². The third-order valence-electron chi connectivity index (χ3n) is 11.6. The van der Waals surface area contributed by atoms with Crippen LogP contribution in [0.1, 0.15) is 29.9 Å². The van der Waals surface area contributed by atoms with Gasteiger partial charge in [-0.25, -0.2) is 0 Å². The van der Waals surface area contributed by atoms with Gasteiger partial charge in [-0.2, -0.15) is 5.01 Å². The molecule has 3 fully saturated rings. The highest BCUT2D eigenvalue weighted by Crippen LogP contribution is 2.64. The predicted molar refractivity (Wildman–Crippen MR) is 208 cm³/mol. The molecule has 12 nitrogen and oxygen atoms in total. The van der Waals surface area contributed by atoms with Gasteiger partial charge in [0, 0.05) is 10.9 Å². The minimum absolute atomic E-state index is 0.0621. The van der Waals surface area contributed by atoms with Crippen molar-refractivity contribution in [1.82, 2.24) is 5.01 Å². The van der Waals surface area contributed by atoms with E-state index in [2.05, 4.69) is 5.43 Å². The van der Waals surface area contributed by atoms with Gasteiger partial charge in [0.05, 0.1) is 53.3 Å². The summed E-state index contributed by atoms with van der Waals surface area (Å²) in [5.74, 6) is -5.03. The van der Waals surface area contributed by atoms with Crippen molar-refractivity contribution < 1.29 is 43.8 Å². The summed E-state index contributed by atoms with van der Waals surface area (Å²) in [6.45, 7) is -0.111. The lowest BCUT2D eigenvalue weighted by Gasteiger charge is -2.50. The molecule has 2 heterocycles. The summed E-state index contributed by atoms with van der Waals surface area (Å²) in [4.78, 5) is 60.2. The van der Waals surface area contributed by atoms with Crippen molar-refractivity contribution in [2.75, 3.05) is 30.6 Å². The summed E-state index contributed by atoms with van der Waals surface area (Å²) >= 11 is 12.7. The number of rotatable bonds is 10. The van der Waals surface area contributed by atoms with E-state index in [0.29, 0.717) is 27.6 Å². The quantitative estimate of drug-likeness (QED) is 0.104. The van der Waals surface area contributed by atoms with Gasteiger partial charge in [0.25, 0.3) is 11.8 Å². The number of fused-ring (bicyclic) bond motifs is 4. The number of nitrogens with zero attached hydrogens (tertiary/aromatic N) is 2. The molecule has 0 aromatic heterocycles. The van der Waals surface area contributed by atoms with Crippen molar-refractivity contribution in [2.45, 2.75) is 24.2 Å². The number of anilines is 2. The summed E-state index contributed by atoms with van der Waals surface area (Å²) in [5.41, 5.74) is 4.02. The lowest BCUT2D eigenvalue weighted by Crippen LogP contribution is -2.53. The number of hydrogen-bond acceptors (Lipinski definition) is 10. The summed E-state index contributed by atoms with van der Waals surface area (Å²) in [5, 5.41) is 30.6. The predicted octanol–water partition coefficient (Wildman–Crippen LogP) is 4.24. The molecule has 2 saturated heterocycles. The third-order valence-corrected chi connectivity index (χ3v) is 12.1. The fourth-order valence-corrected chi connectivity index (χ4v) is 9.67. The molecule has 6 unspecified atom stereocenters. The van der Waals surface area contributed by atoms with Gasteiger partial charge in [0.2, 0.25) is 11.8 Å². The standard InChI is InChI=1S/C41H36BCl2N3O9/c1-55-27-12-7-23(8-13-27)41-32(38(50)47(40(41)52)45-34-16-9-25(43)20-33(34)44)21-31-29(36(41)22-5-10-28(11-6-22)56-18-17-48)14-15-30-35(31)39(51)46(37(30)49)26-4-2-3-24(19-26)42(53)54/h2-14,16,19-20,30-32,35-36,45,48,53-54H,15,17-18,21H2,1H3. The number of aliphatic hydroxyl groups is 1. The van der Waals surface area contributed by atoms with Crippen molar-refractivity contribution in [1.29, 1.82) is 0 Å². The van der Waals surface area contributed by atoms with Gasteiger partial charge in [-0.1, -0.05) is 71.2 Å². The first-order valence-electron chi connectivity index (χ1n) is 18.1. The number of ether oxygens (including phenoxy) is 2. The van der Waals surface area contributed by atoms with E-state index in [1.807, 2.05) is 18.2 Å². The number of carbonyl (C=O) groups excluding carboxylic acids is 4. The molecular formula is C41H36BCl2N3O9. The van der Waals surface area contributed by atoms with Crippen LogP contribution in [0, 0.1) is 23.7 Å². The van der Waals surface area contributed by atoms with Gasteiger partial charge >= 0.3 is 7.12 Å². The number of nitrogens with one attached hydrogen (secondary N) is 1. The Bertz CT molecular complexity index is 2270. The van der Waals surface area contributed by atoms with E-state index in [9.17, 15) is 29.5 Å². The summed E-state index contributed by atoms with van der Waals surface area (Å²) < 4.78 is 11.1. The molecule has 0 spiro atoms. The van der Waals surface area contributed by atoms with Gasteiger partial charge in [0.1, 0.15) is 18.1 Å². The van der Waals surface area contributed by atoms with E-state index < -0.39 is 65.8 Å². The van der Waals surface area contributed by atoms with E-state index in [1.54, 1.807) is 60.7 Å². The fourth-order valence-electron chi connectivity index (χ4n) is 9.22. The Kier molecular flexibility index (Phi) is 9.92. The number of hydrogen-bond donors (Lipinski definition) is 4. The van der Waals surface area contributed by atoms with Crippen LogP contribution in [0.2, 0.25) is 10.0 Å². The van der Waals surface area contributed by atoms with Crippen molar-refractivity contribution in [3.8, 4) is 11.5 Å². The second-order valence-electron chi connectivity index (χ2n) is 14.3. The Labute approximate surface area is 332 Å². The summed E-state index contributed by atoms with van der Waals surface area (Å²) in [6.07, 6.45) is 2.20. The van der Waals surface area contributed by atoms with E-state index >= 15 is 4.79 Å². The highest BCUT2D eigenvalue weighted by Gasteiger charge is 2.70. The molecule has 1 saturated carbocycles. The Hall–Kier alpha value is -5.18. The third kappa shape index (κ3) is 5.97. The number of aliphatic hydroxyl groups excluding tert-OH is 1. The minimum Gasteiger partial charge on any atom is -0.497 e. The first kappa shape index (κ1) is 37.7. The molecule has 2 aliphatic heterocycles. The average Bonchev–Trinajstić information content (AvgIpc) is 3.58. The normalized spacial score (nSPS) is 25.4. The molecule has 286 valence electrons. The van der Waals surface area contributed by atoms with E-state index in [4.69, 9.17) is 32.7 Å². The maximum absolute atomic E-state index is 15.4. The van der Waals surface area contributed by atoms with Crippen LogP contribution in [0.4, 0.5) is 11.4 Å². The molecule has 4 N–H and O–H groups in total.